The lowest BCUT2D eigenvalue weighted by molar-refractivity contribution is 0.102. The second-order valence-corrected chi connectivity index (χ2v) is 3.96. The van der Waals surface area contributed by atoms with E-state index in [1.54, 1.807) is 31.4 Å². The van der Waals surface area contributed by atoms with Crippen molar-refractivity contribution < 1.29 is 14.6 Å². The Morgan fingerprint density at radius 1 is 1.37 bits per heavy atom. The van der Waals surface area contributed by atoms with E-state index < -0.39 is 0 Å². The number of carbonyl (C=O) groups excluding carboxylic acids is 1. The molecule has 5 nitrogen and oxygen atoms in total. The van der Waals surface area contributed by atoms with E-state index in [4.69, 9.17) is 4.74 Å². The first-order valence-corrected chi connectivity index (χ1v) is 5.74. The molecular weight excluding hydrogens is 244 g/mol. The minimum absolute atomic E-state index is 0.0658. The smallest absolute Gasteiger partial charge is 0.256 e. The van der Waals surface area contributed by atoms with Gasteiger partial charge < -0.3 is 15.2 Å². The molecule has 2 rings (SSSR count). The van der Waals surface area contributed by atoms with Gasteiger partial charge in [0.2, 0.25) is 0 Å². The Bertz CT molecular complexity index is 584. The van der Waals surface area contributed by atoms with Crippen molar-refractivity contribution in [3.63, 3.8) is 0 Å². The summed E-state index contributed by atoms with van der Waals surface area (Å²) in [6.45, 7) is 0.440. The zero-order valence-corrected chi connectivity index (χ0v) is 10.5. The van der Waals surface area contributed by atoms with Crippen LogP contribution in [-0.4, -0.2) is 23.1 Å². The van der Waals surface area contributed by atoms with Gasteiger partial charge in [-0.2, -0.15) is 0 Å². The molecule has 0 fully saturated rings. The fourth-order valence-corrected chi connectivity index (χ4v) is 1.64. The van der Waals surface area contributed by atoms with E-state index in [9.17, 15) is 9.90 Å². The van der Waals surface area contributed by atoms with E-state index in [0.717, 1.165) is 5.56 Å². The summed E-state index contributed by atoms with van der Waals surface area (Å²) in [6, 6.07) is 10.1. The second-order valence-electron chi connectivity index (χ2n) is 3.96. The Morgan fingerprint density at radius 3 is 2.95 bits per heavy atom. The van der Waals surface area contributed by atoms with Gasteiger partial charge in [0.25, 0.3) is 5.91 Å². The number of hydrogen-bond acceptors (Lipinski definition) is 4. The molecular formula is C14H14N2O3. The summed E-state index contributed by atoms with van der Waals surface area (Å²) in [4.78, 5) is 15.9. The van der Waals surface area contributed by atoms with Gasteiger partial charge in [-0.15, -0.1) is 0 Å². The van der Waals surface area contributed by atoms with Crippen LogP contribution in [0.4, 0.5) is 5.82 Å². The van der Waals surface area contributed by atoms with Crippen LogP contribution in [0.5, 0.6) is 5.75 Å². The zero-order valence-electron chi connectivity index (χ0n) is 10.5. The quantitative estimate of drug-likeness (QED) is 0.881. The number of benzene rings is 1. The van der Waals surface area contributed by atoms with Gasteiger partial charge in [-0.25, -0.2) is 4.98 Å². The molecule has 98 valence electrons. The molecule has 0 spiro atoms. The van der Waals surface area contributed by atoms with Gasteiger partial charge in [0.05, 0.1) is 6.61 Å². The van der Waals surface area contributed by atoms with Crippen LogP contribution in [0.1, 0.15) is 15.9 Å². The van der Waals surface area contributed by atoms with Crippen molar-refractivity contribution in [2.75, 3.05) is 12.4 Å². The lowest BCUT2D eigenvalue weighted by atomic mass is 10.1. The minimum Gasteiger partial charge on any atom is -0.504 e. The molecule has 19 heavy (non-hydrogen) atoms. The molecule has 0 atom stereocenters. The third-order valence-electron chi connectivity index (χ3n) is 2.52. The van der Waals surface area contributed by atoms with Crippen LogP contribution >= 0.6 is 0 Å². The van der Waals surface area contributed by atoms with E-state index in [1.807, 2.05) is 6.07 Å². The van der Waals surface area contributed by atoms with Gasteiger partial charge in [-0.05, 0) is 29.8 Å². The summed E-state index contributed by atoms with van der Waals surface area (Å²) >= 11 is 0. The van der Waals surface area contributed by atoms with Crippen LogP contribution in [0.25, 0.3) is 0 Å². The number of hydrogen-bond donors (Lipinski definition) is 2. The molecule has 5 heteroatoms. The molecule has 2 N–H and O–H groups in total. The van der Waals surface area contributed by atoms with Crippen molar-refractivity contribution in [3.8, 4) is 5.75 Å². The Balaban J connectivity index is 2.16. The summed E-state index contributed by atoms with van der Waals surface area (Å²) in [6.07, 6.45) is 1.50. The lowest BCUT2D eigenvalue weighted by Crippen LogP contribution is -2.13. The Kier molecular flexibility index (Phi) is 4.10. The zero-order chi connectivity index (χ0) is 13.7. The molecule has 0 aliphatic carbocycles. The number of methoxy groups -OCH3 is 1. The summed E-state index contributed by atoms with van der Waals surface area (Å²) in [7, 11) is 1.60. The summed E-state index contributed by atoms with van der Waals surface area (Å²) in [5.74, 6) is -0.250. The molecule has 0 radical (unpaired) electrons. The van der Waals surface area contributed by atoms with Gasteiger partial charge in [0, 0.05) is 18.9 Å². The van der Waals surface area contributed by atoms with Crippen molar-refractivity contribution in [2.45, 2.75) is 6.61 Å². The SMILES string of the molecule is COCc1cccc(C(=O)Nc2ncccc2O)c1. The van der Waals surface area contributed by atoms with Crippen LogP contribution in [-0.2, 0) is 11.3 Å². The van der Waals surface area contributed by atoms with E-state index in [2.05, 4.69) is 10.3 Å². The first kappa shape index (κ1) is 13.0. The number of rotatable bonds is 4. The highest BCUT2D eigenvalue weighted by atomic mass is 16.5. The van der Waals surface area contributed by atoms with Crippen molar-refractivity contribution in [3.05, 3.63) is 53.7 Å². The number of carbonyl (C=O) groups is 1. The largest absolute Gasteiger partial charge is 0.504 e. The Morgan fingerprint density at radius 2 is 2.21 bits per heavy atom. The standard InChI is InChI=1S/C14H14N2O3/c1-19-9-10-4-2-5-11(8-10)14(18)16-13-12(17)6-3-7-15-13/h2-8,17H,9H2,1H3,(H,15,16,18). The van der Waals surface area contributed by atoms with Crippen LogP contribution in [0.3, 0.4) is 0 Å². The van der Waals surface area contributed by atoms with Gasteiger partial charge in [-0.1, -0.05) is 12.1 Å². The number of amides is 1. The van der Waals surface area contributed by atoms with Crippen molar-refractivity contribution >= 4 is 11.7 Å². The van der Waals surface area contributed by atoms with Crippen molar-refractivity contribution in [2.24, 2.45) is 0 Å². The summed E-state index contributed by atoms with van der Waals surface area (Å²) < 4.78 is 5.02. The predicted octanol–water partition coefficient (Wildman–Crippen LogP) is 2.19. The van der Waals surface area contributed by atoms with Crippen molar-refractivity contribution in [1.29, 1.82) is 0 Å². The molecule has 1 heterocycles. The van der Waals surface area contributed by atoms with Crippen LogP contribution in [0.2, 0.25) is 0 Å². The van der Waals surface area contributed by atoms with Gasteiger partial charge in [0.15, 0.2) is 11.6 Å². The summed E-state index contributed by atoms with van der Waals surface area (Å²) in [5, 5.41) is 12.1. The molecule has 1 aromatic heterocycles. The maximum absolute atomic E-state index is 12.0. The molecule has 0 aliphatic rings. The highest BCUT2D eigenvalue weighted by molar-refractivity contribution is 6.04. The molecule has 2 aromatic rings. The highest BCUT2D eigenvalue weighted by Gasteiger charge is 2.09. The van der Waals surface area contributed by atoms with Gasteiger partial charge in [-0.3, -0.25) is 4.79 Å². The number of nitrogens with zero attached hydrogens (tertiary/aromatic N) is 1. The van der Waals surface area contributed by atoms with Crippen LogP contribution < -0.4 is 5.32 Å². The number of anilines is 1. The molecule has 0 saturated heterocycles. The summed E-state index contributed by atoms with van der Waals surface area (Å²) in [5.41, 5.74) is 1.39. The second kappa shape index (κ2) is 5.97. The monoisotopic (exact) mass is 258 g/mol. The van der Waals surface area contributed by atoms with Gasteiger partial charge in [0.1, 0.15) is 0 Å². The number of aromatic hydroxyl groups is 1. The normalized spacial score (nSPS) is 10.2. The third kappa shape index (κ3) is 3.29. The predicted molar refractivity (Wildman–Crippen MR) is 71.0 cm³/mol. The topological polar surface area (TPSA) is 71.5 Å². The molecule has 1 aromatic carbocycles. The fraction of sp³-hybridized carbons (Fsp3) is 0.143. The number of pyridine rings is 1. The van der Waals surface area contributed by atoms with E-state index >= 15 is 0 Å². The maximum Gasteiger partial charge on any atom is 0.256 e. The van der Waals surface area contributed by atoms with Crippen molar-refractivity contribution in [1.82, 2.24) is 4.98 Å². The van der Waals surface area contributed by atoms with Crippen LogP contribution in [0.15, 0.2) is 42.6 Å². The Hall–Kier alpha value is -2.40. The fourth-order valence-electron chi connectivity index (χ4n) is 1.64. The maximum atomic E-state index is 12.0. The molecule has 0 saturated carbocycles. The lowest BCUT2D eigenvalue weighted by Gasteiger charge is -2.07. The average molecular weight is 258 g/mol. The molecule has 0 unspecified atom stereocenters. The third-order valence-corrected chi connectivity index (χ3v) is 2.52. The average Bonchev–Trinajstić information content (AvgIpc) is 2.42. The minimum atomic E-state index is -0.327. The van der Waals surface area contributed by atoms with E-state index in [-0.39, 0.29) is 17.5 Å². The number of ether oxygens (including phenoxy) is 1. The first-order chi connectivity index (χ1) is 9.20. The highest BCUT2D eigenvalue weighted by Crippen LogP contribution is 2.19. The Labute approximate surface area is 110 Å². The molecule has 0 aliphatic heterocycles. The number of aromatic nitrogens is 1. The molecule has 1 amide bonds. The number of nitrogens with one attached hydrogen (secondary N) is 1. The van der Waals surface area contributed by atoms with Gasteiger partial charge >= 0.3 is 0 Å². The first-order valence-electron chi connectivity index (χ1n) is 5.74. The van der Waals surface area contributed by atoms with E-state index in [1.165, 1.54) is 12.3 Å². The van der Waals surface area contributed by atoms with Crippen LogP contribution in [0, 0.1) is 0 Å². The van der Waals surface area contributed by atoms with E-state index in [0.29, 0.717) is 12.2 Å². The molecule has 0 bridgehead atoms.